The van der Waals surface area contributed by atoms with Crippen molar-refractivity contribution in [1.29, 1.82) is 0 Å². The Morgan fingerprint density at radius 3 is 2.83 bits per heavy atom. The van der Waals surface area contributed by atoms with Gasteiger partial charge < -0.3 is 15.6 Å². The van der Waals surface area contributed by atoms with Crippen molar-refractivity contribution in [3.8, 4) is 0 Å². The van der Waals surface area contributed by atoms with Gasteiger partial charge >= 0.3 is 0 Å². The number of ketones is 1. The maximum atomic E-state index is 11.8. The highest BCUT2D eigenvalue weighted by Gasteiger charge is 2.34. The summed E-state index contributed by atoms with van der Waals surface area (Å²) in [6.45, 7) is 2.89. The number of epoxide rings is 1. The molecule has 0 amide bonds. The number of nitrogens with two attached hydrogens (primary N) is 1. The van der Waals surface area contributed by atoms with Crippen LogP contribution in [0, 0.1) is 5.92 Å². The normalized spacial score (nSPS) is 19.6. The number of benzene rings is 1. The minimum Gasteiger partial charge on any atom is -0.392 e. The Labute approximate surface area is 107 Å². The van der Waals surface area contributed by atoms with Crippen LogP contribution in [0.2, 0.25) is 0 Å². The first-order chi connectivity index (χ1) is 8.65. The lowest BCUT2D eigenvalue weighted by molar-refractivity contribution is -0.123. The van der Waals surface area contributed by atoms with Crippen molar-refractivity contribution in [3.63, 3.8) is 0 Å². The zero-order valence-corrected chi connectivity index (χ0v) is 10.6. The molecule has 1 fully saturated rings. The van der Waals surface area contributed by atoms with Crippen LogP contribution in [0.25, 0.3) is 0 Å². The average Bonchev–Trinajstić information content (AvgIpc) is 3.21. The summed E-state index contributed by atoms with van der Waals surface area (Å²) in [5, 5.41) is 9.17. The van der Waals surface area contributed by atoms with Crippen LogP contribution in [-0.2, 0) is 29.1 Å². The van der Waals surface area contributed by atoms with Gasteiger partial charge in [-0.25, -0.2) is 0 Å². The van der Waals surface area contributed by atoms with Crippen LogP contribution in [0.4, 0.5) is 0 Å². The van der Waals surface area contributed by atoms with Crippen molar-refractivity contribution < 1.29 is 14.6 Å². The molecule has 0 aliphatic carbocycles. The lowest BCUT2D eigenvalue weighted by Crippen LogP contribution is -2.19. The molecule has 2 rings (SSSR count). The molecule has 18 heavy (non-hydrogen) atoms. The molecule has 2 atom stereocenters. The van der Waals surface area contributed by atoms with Crippen molar-refractivity contribution in [1.82, 2.24) is 0 Å². The number of Topliss-reactive ketones (excluding diaryl/α,β-unsaturated/α-hetero) is 1. The van der Waals surface area contributed by atoms with Crippen molar-refractivity contribution in [3.05, 3.63) is 34.9 Å². The third-order valence-electron chi connectivity index (χ3n) is 3.34. The van der Waals surface area contributed by atoms with E-state index in [4.69, 9.17) is 15.6 Å². The summed E-state index contributed by atoms with van der Waals surface area (Å²) in [6.07, 6.45) is 0.517. The van der Waals surface area contributed by atoms with Crippen LogP contribution < -0.4 is 5.73 Å². The predicted molar refractivity (Wildman–Crippen MR) is 67.9 cm³/mol. The molecule has 4 nitrogen and oxygen atoms in total. The third kappa shape index (κ3) is 2.96. The molecule has 1 aliphatic rings. The first kappa shape index (κ1) is 13.2. The molecule has 1 aliphatic heterocycles. The number of ether oxygens (including phenoxy) is 1. The number of hydrogen-bond donors (Lipinski definition) is 2. The summed E-state index contributed by atoms with van der Waals surface area (Å²) in [6, 6.07) is 5.80. The van der Waals surface area contributed by atoms with Gasteiger partial charge in [-0.3, -0.25) is 4.79 Å². The van der Waals surface area contributed by atoms with Gasteiger partial charge in [0.1, 0.15) is 6.10 Å². The molecule has 98 valence electrons. The Hall–Kier alpha value is -1.23. The number of aliphatic hydroxyl groups excluding tert-OH is 1. The van der Waals surface area contributed by atoms with Crippen LogP contribution in [0.3, 0.4) is 0 Å². The summed E-state index contributed by atoms with van der Waals surface area (Å²) in [5.41, 5.74) is 8.52. The molecule has 0 bridgehead atoms. The van der Waals surface area contributed by atoms with E-state index in [1.807, 2.05) is 25.1 Å². The van der Waals surface area contributed by atoms with E-state index >= 15 is 0 Å². The molecule has 2 unspecified atom stereocenters. The molecule has 1 heterocycles. The molecule has 1 aromatic rings. The fraction of sp³-hybridized carbons (Fsp3) is 0.500. The van der Waals surface area contributed by atoms with Crippen LogP contribution in [0.1, 0.15) is 23.6 Å². The zero-order valence-electron chi connectivity index (χ0n) is 10.6. The Kier molecular flexibility index (Phi) is 4.11. The fourth-order valence-corrected chi connectivity index (χ4v) is 2.13. The minimum absolute atomic E-state index is 0.00277. The zero-order chi connectivity index (χ0) is 13.1. The summed E-state index contributed by atoms with van der Waals surface area (Å²) in [5.74, 6) is 0.138. The van der Waals surface area contributed by atoms with Crippen molar-refractivity contribution in [2.24, 2.45) is 11.7 Å². The van der Waals surface area contributed by atoms with Gasteiger partial charge in [-0.1, -0.05) is 25.1 Å². The highest BCUT2D eigenvalue weighted by Crippen LogP contribution is 2.20. The second-order valence-corrected chi connectivity index (χ2v) is 4.79. The molecule has 0 spiro atoms. The number of carbonyl (C=O) groups is 1. The van der Waals surface area contributed by atoms with E-state index in [9.17, 15) is 4.79 Å². The van der Waals surface area contributed by atoms with E-state index in [-0.39, 0.29) is 24.4 Å². The summed E-state index contributed by atoms with van der Waals surface area (Å²) < 4.78 is 5.01. The van der Waals surface area contributed by atoms with Crippen molar-refractivity contribution in [2.75, 3.05) is 6.61 Å². The monoisotopic (exact) mass is 249 g/mol. The average molecular weight is 249 g/mol. The summed E-state index contributed by atoms with van der Waals surface area (Å²) in [7, 11) is 0. The molecule has 0 saturated carbocycles. The number of aliphatic hydroxyl groups is 1. The Bertz CT molecular complexity index is 441. The number of rotatable bonds is 6. The quantitative estimate of drug-likeness (QED) is 0.731. The van der Waals surface area contributed by atoms with Gasteiger partial charge in [0.15, 0.2) is 5.78 Å². The van der Waals surface area contributed by atoms with Crippen LogP contribution in [-0.4, -0.2) is 23.6 Å². The standard InChI is InChI=1S/C14H19NO3/c1-9(14(17)13-8-18-13)4-10-2-3-11(7-16)12(5-10)6-15/h2-3,5,9,13,16H,4,6-8,15H2,1H3. The second kappa shape index (κ2) is 5.61. The predicted octanol–water partition coefficient (Wildman–Crippen LogP) is 0.784. The first-order valence-corrected chi connectivity index (χ1v) is 6.22. The largest absolute Gasteiger partial charge is 0.392 e. The molecular weight excluding hydrogens is 230 g/mol. The van der Waals surface area contributed by atoms with Gasteiger partial charge in [0.25, 0.3) is 0 Å². The van der Waals surface area contributed by atoms with Gasteiger partial charge in [0.05, 0.1) is 13.2 Å². The van der Waals surface area contributed by atoms with E-state index in [1.165, 1.54) is 0 Å². The Balaban J connectivity index is 2.06. The van der Waals surface area contributed by atoms with E-state index in [1.54, 1.807) is 0 Å². The lowest BCUT2D eigenvalue weighted by Gasteiger charge is -2.12. The molecule has 4 heteroatoms. The second-order valence-electron chi connectivity index (χ2n) is 4.79. The molecule has 1 aromatic carbocycles. The van der Waals surface area contributed by atoms with Gasteiger partial charge in [0, 0.05) is 12.5 Å². The van der Waals surface area contributed by atoms with Gasteiger partial charge in [0.2, 0.25) is 0 Å². The van der Waals surface area contributed by atoms with E-state index in [0.717, 1.165) is 16.7 Å². The van der Waals surface area contributed by atoms with Crippen molar-refractivity contribution in [2.45, 2.75) is 32.6 Å². The van der Waals surface area contributed by atoms with E-state index < -0.39 is 0 Å². The third-order valence-corrected chi connectivity index (χ3v) is 3.34. The maximum Gasteiger partial charge on any atom is 0.167 e. The maximum absolute atomic E-state index is 11.8. The summed E-state index contributed by atoms with van der Waals surface area (Å²) >= 11 is 0. The number of hydrogen-bond acceptors (Lipinski definition) is 4. The highest BCUT2D eigenvalue weighted by atomic mass is 16.6. The Morgan fingerprint density at radius 2 is 2.28 bits per heavy atom. The highest BCUT2D eigenvalue weighted by molar-refractivity contribution is 5.87. The van der Waals surface area contributed by atoms with Crippen LogP contribution >= 0.6 is 0 Å². The smallest absolute Gasteiger partial charge is 0.167 e. The molecule has 0 aromatic heterocycles. The molecule has 3 N–H and O–H groups in total. The molecule has 1 saturated heterocycles. The first-order valence-electron chi connectivity index (χ1n) is 6.22. The lowest BCUT2D eigenvalue weighted by atomic mass is 9.93. The van der Waals surface area contributed by atoms with Crippen molar-refractivity contribution >= 4 is 5.78 Å². The van der Waals surface area contributed by atoms with Gasteiger partial charge in [-0.05, 0) is 23.1 Å². The number of carbonyl (C=O) groups excluding carboxylic acids is 1. The fourth-order valence-electron chi connectivity index (χ4n) is 2.13. The summed E-state index contributed by atoms with van der Waals surface area (Å²) in [4.78, 5) is 11.8. The van der Waals surface area contributed by atoms with Gasteiger partial charge in [-0.15, -0.1) is 0 Å². The van der Waals surface area contributed by atoms with Gasteiger partial charge in [-0.2, -0.15) is 0 Å². The molecular formula is C14H19NO3. The topological polar surface area (TPSA) is 75.8 Å². The Morgan fingerprint density at radius 1 is 1.56 bits per heavy atom. The minimum atomic E-state index is -0.175. The van der Waals surface area contributed by atoms with E-state index in [2.05, 4.69) is 0 Å². The SMILES string of the molecule is CC(Cc1ccc(CO)c(CN)c1)C(=O)C1CO1. The van der Waals surface area contributed by atoms with Crippen LogP contribution in [0.5, 0.6) is 0 Å². The molecule has 0 radical (unpaired) electrons. The van der Waals surface area contributed by atoms with E-state index in [0.29, 0.717) is 19.6 Å². The van der Waals surface area contributed by atoms with Crippen LogP contribution in [0.15, 0.2) is 18.2 Å².